The second kappa shape index (κ2) is 5.80. The molecule has 0 saturated carbocycles. The van der Waals surface area contributed by atoms with Crippen molar-refractivity contribution in [3.63, 3.8) is 0 Å². The molecule has 1 aromatic heterocycles. The number of aliphatic hydroxyl groups excluding tert-OH is 1. The van der Waals surface area contributed by atoms with Crippen LogP contribution in [0.5, 0.6) is 5.75 Å². The lowest BCUT2D eigenvalue weighted by atomic mass is 10.2. The summed E-state index contributed by atoms with van der Waals surface area (Å²) in [5.74, 6) is 0.780. The van der Waals surface area contributed by atoms with Crippen LogP contribution in [-0.4, -0.2) is 10.1 Å². The van der Waals surface area contributed by atoms with Crippen molar-refractivity contribution in [1.29, 1.82) is 0 Å². The van der Waals surface area contributed by atoms with Crippen LogP contribution >= 0.6 is 15.9 Å². The van der Waals surface area contributed by atoms with Crippen LogP contribution in [0.4, 0.5) is 0 Å². The summed E-state index contributed by atoms with van der Waals surface area (Å²) in [6.45, 7) is 0.529. The number of hydrogen-bond acceptors (Lipinski definition) is 3. The molecule has 17 heavy (non-hydrogen) atoms. The number of ether oxygens (including phenoxy) is 1. The fraction of sp³-hybridized carbons (Fsp3) is 0.154. The molecule has 0 fully saturated rings. The molecular formula is C13H12BrNO2. The van der Waals surface area contributed by atoms with E-state index in [0.717, 1.165) is 21.3 Å². The molecule has 0 saturated heterocycles. The zero-order chi connectivity index (χ0) is 12.1. The maximum Gasteiger partial charge on any atom is 0.119 e. The van der Waals surface area contributed by atoms with Gasteiger partial charge in [-0.1, -0.05) is 12.1 Å². The van der Waals surface area contributed by atoms with Crippen LogP contribution in [-0.2, 0) is 13.2 Å². The minimum Gasteiger partial charge on any atom is -0.489 e. The Hall–Kier alpha value is -1.39. The Morgan fingerprint density at radius 2 is 1.88 bits per heavy atom. The number of rotatable bonds is 4. The van der Waals surface area contributed by atoms with E-state index in [0.29, 0.717) is 6.61 Å². The van der Waals surface area contributed by atoms with Crippen molar-refractivity contribution in [2.24, 2.45) is 0 Å². The van der Waals surface area contributed by atoms with Crippen LogP contribution in [0.1, 0.15) is 11.1 Å². The molecule has 2 aromatic rings. The van der Waals surface area contributed by atoms with Gasteiger partial charge in [-0.15, -0.1) is 0 Å². The van der Waals surface area contributed by atoms with Gasteiger partial charge in [-0.05, 0) is 39.7 Å². The van der Waals surface area contributed by atoms with Gasteiger partial charge in [-0.2, -0.15) is 0 Å². The quantitative estimate of drug-likeness (QED) is 0.942. The Morgan fingerprint density at radius 3 is 2.53 bits per heavy atom. The number of aromatic nitrogens is 1. The second-order valence-corrected chi connectivity index (χ2v) is 4.52. The monoisotopic (exact) mass is 293 g/mol. The maximum absolute atomic E-state index is 8.91. The van der Waals surface area contributed by atoms with Crippen LogP contribution in [0, 0.1) is 0 Å². The summed E-state index contributed by atoms with van der Waals surface area (Å²) in [4.78, 5) is 4.06. The van der Waals surface area contributed by atoms with E-state index >= 15 is 0 Å². The van der Waals surface area contributed by atoms with E-state index in [2.05, 4.69) is 20.9 Å². The number of halogens is 1. The van der Waals surface area contributed by atoms with Gasteiger partial charge in [0.2, 0.25) is 0 Å². The van der Waals surface area contributed by atoms with Crippen molar-refractivity contribution in [3.05, 3.63) is 58.3 Å². The summed E-state index contributed by atoms with van der Waals surface area (Å²) < 4.78 is 6.54. The largest absolute Gasteiger partial charge is 0.489 e. The first kappa shape index (κ1) is 12.1. The number of hydrogen-bond donors (Lipinski definition) is 1. The first-order valence-corrected chi connectivity index (χ1v) is 5.99. The summed E-state index contributed by atoms with van der Waals surface area (Å²) in [6, 6.07) is 9.34. The lowest BCUT2D eigenvalue weighted by Gasteiger charge is -2.06. The predicted molar refractivity (Wildman–Crippen MR) is 68.6 cm³/mol. The molecule has 3 nitrogen and oxygen atoms in total. The SMILES string of the molecule is OCc1ccc(OCc2cncc(Br)c2)cc1. The van der Waals surface area contributed by atoms with Crippen molar-refractivity contribution in [2.75, 3.05) is 0 Å². The summed E-state index contributed by atoms with van der Waals surface area (Å²) in [5, 5.41) is 8.91. The Kier molecular flexibility index (Phi) is 4.12. The molecule has 0 radical (unpaired) electrons. The van der Waals surface area contributed by atoms with Gasteiger partial charge in [-0.3, -0.25) is 4.98 Å². The average molecular weight is 294 g/mol. The van der Waals surface area contributed by atoms with Crippen LogP contribution < -0.4 is 4.74 Å². The minimum atomic E-state index is 0.0514. The van der Waals surface area contributed by atoms with Gasteiger partial charge in [0, 0.05) is 22.4 Å². The van der Waals surface area contributed by atoms with Crippen molar-refractivity contribution >= 4 is 15.9 Å². The normalized spacial score (nSPS) is 10.2. The topological polar surface area (TPSA) is 42.4 Å². The smallest absolute Gasteiger partial charge is 0.119 e. The molecule has 88 valence electrons. The Balaban J connectivity index is 1.97. The van der Waals surface area contributed by atoms with Gasteiger partial charge in [0.05, 0.1) is 6.61 Å². The number of benzene rings is 1. The fourth-order valence-corrected chi connectivity index (χ4v) is 1.80. The molecule has 0 aliphatic carbocycles. The van der Waals surface area contributed by atoms with E-state index in [9.17, 15) is 0 Å². The fourth-order valence-electron chi connectivity index (χ4n) is 1.39. The molecule has 1 N–H and O–H groups in total. The predicted octanol–water partition coefficient (Wildman–Crippen LogP) is 2.92. The van der Waals surface area contributed by atoms with Gasteiger partial charge >= 0.3 is 0 Å². The standard InChI is InChI=1S/C13H12BrNO2/c14-12-5-11(6-15-7-12)9-17-13-3-1-10(8-16)2-4-13/h1-7,16H,8-9H2. The van der Waals surface area contributed by atoms with E-state index in [1.54, 1.807) is 12.4 Å². The van der Waals surface area contributed by atoms with Crippen LogP contribution in [0.3, 0.4) is 0 Å². The summed E-state index contributed by atoms with van der Waals surface area (Å²) in [6.07, 6.45) is 3.51. The van der Waals surface area contributed by atoms with E-state index in [1.807, 2.05) is 30.3 Å². The molecule has 2 rings (SSSR count). The molecule has 0 spiro atoms. The van der Waals surface area contributed by atoms with Crippen LogP contribution in [0.25, 0.3) is 0 Å². The highest BCUT2D eigenvalue weighted by atomic mass is 79.9. The van der Waals surface area contributed by atoms with Gasteiger partial charge in [0.25, 0.3) is 0 Å². The molecule has 1 heterocycles. The van der Waals surface area contributed by atoms with Gasteiger partial charge < -0.3 is 9.84 Å². The molecule has 0 unspecified atom stereocenters. The molecule has 4 heteroatoms. The highest BCUT2D eigenvalue weighted by molar-refractivity contribution is 9.10. The zero-order valence-electron chi connectivity index (χ0n) is 9.14. The molecule has 0 amide bonds. The highest BCUT2D eigenvalue weighted by Crippen LogP contribution is 2.15. The zero-order valence-corrected chi connectivity index (χ0v) is 10.7. The van der Waals surface area contributed by atoms with Crippen LogP contribution in [0.2, 0.25) is 0 Å². The molecule has 0 atom stereocenters. The lowest BCUT2D eigenvalue weighted by molar-refractivity contribution is 0.280. The van der Waals surface area contributed by atoms with Crippen molar-refractivity contribution in [1.82, 2.24) is 4.98 Å². The molecule has 0 aliphatic heterocycles. The second-order valence-electron chi connectivity index (χ2n) is 3.60. The summed E-state index contributed by atoms with van der Waals surface area (Å²) in [7, 11) is 0. The van der Waals surface area contributed by atoms with Crippen molar-refractivity contribution in [3.8, 4) is 5.75 Å². The Bertz CT molecular complexity index is 485. The number of nitrogens with zero attached hydrogens (tertiary/aromatic N) is 1. The van der Waals surface area contributed by atoms with Crippen molar-refractivity contribution < 1.29 is 9.84 Å². The van der Waals surface area contributed by atoms with E-state index < -0.39 is 0 Å². The molecule has 0 bridgehead atoms. The third-order valence-corrected chi connectivity index (χ3v) is 2.71. The molecular weight excluding hydrogens is 282 g/mol. The third-order valence-electron chi connectivity index (χ3n) is 2.27. The summed E-state index contributed by atoms with van der Waals surface area (Å²) >= 11 is 3.36. The van der Waals surface area contributed by atoms with Crippen molar-refractivity contribution in [2.45, 2.75) is 13.2 Å². The first-order chi connectivity index (χ1) is 8.28. The van der Waals surface area contributed by atoms with E-state index in [1.165, 1.54) is 0 Å². The lowest BCUT2D eigenvalue weighted by Crippen LogP contribution is -1.96. The van der Waals surface area contributed by atoms with Gasteiger partial charge in [0.1, 0.15) is 12.4 Å². The van der Waals surface area contributed by atoms with E-state index in [-0.39, 0.29) is 6.61 Å². The third kappa shape index (κ3) is 3.54. The number of pyridine rings is 1. The van der Waals surface area contributed by atoms with Gasteiger partial charge in [-0.25, -0.2) is 0 Å². The molecule has 0 aliphatic rings. The average Bonchev–Trinajstić information content (AvgIpc) is 2.37. The van der Waals surface area contributed by atoms with Gasteiger partial charge in [0.15, 0.2) is 0 Å². The first-order valence-electron chi connectivity index (χ1n) is 5.20. The molecule has 1 aromatic carbocycles. The number of aliphatic hydroxyl groups is 1. The van der Waals surface area contributed by atoms with Crippen LogP contribution in [0.15, 0.2) is 47.2 Å². The maximum atomic E-state index is 8.91. The summed E-state index contributed by atoms with van der Waals surface area (Å²) in [5.41, 5.74) is 1.88. The minimum absolute atomic E-state index is 0.0514. The van der Waals surface area contributed by atoms with E-state index in [4.69, 9.17) is 9.84 Å². The Labute approximate surface area is 108 Å². The highest BCUT2D eigenvalue weighted by Gasteiger charge is 1.98. The Morgan fingerprint density at radius 1 is 1.12 bits per heavy atom.